The Hall–Kier alpha value is -0.0600. The third-order valence-corrected chi connectivity index (χ3v) is 2.84. The molecule has 0 atom stereocenters. The number of nitrogens with zero attached hydrogens (tertiary/aromatic N) is 1. The molecule has 1 heterocycles. The summed E-state index contributed by atoms with van der Waals surface area (Å²) in [5.41, 5.74) is 1.08. The lowest BCUT2D eigenvalue weighted by Crippen LogP contribution is -1.92. The van der Waals surface area contributed by atoms with E-state index in [9.17, 15) is 0 Å². The van der Waals surface area contributed by atoms with Gasteiger partial charge >= 0.3 is 0 Å². The molecule has 0 aliphatic carbocycles. The van der Waals surface area contributed by atoms with E-state index in [4.69, 9.17) is 4.52 Å². The maximum Gasteiger partial charge on any atom is 0.152 e. The van der Waals surface area contributed by atoms with Crippen LogP contribution in [0.1, 0.15) is 51.0 Å². The van der Waals surface area contributed by atoms with Gasteiger partial charge < -0.3 is 4.52 Å². The molecule has 0 amide bonds. The minimum Gasteiger partial charge on any atom is -0.360 e. The van der Waals surface area contributed by atoms with Crippen molar-refractivity contribution in [3.05, 3.63) is 15.0 Å². The van der Waals surface area contributed by atoms with Gasteiger partial charge in [0.1, 0.15) is 0 Å². The molecule has 12 heavy (non-hydrogen) atoms. The average Bonchev–Trinajstić information content (AvgIpc) is 2.30. The molecular formula is C9H14INO. The Morgan fingerprint density at radius 2 is 1.75 bits per heavy atom. The van der Waals surface area contributed by atoms with Gasteiger partial charge in [-0.15, -0.1) is 0 Å². The molecule has 0 fully saturated rings. The smallest absolute Gasteiger partial charge is 0.152 e. The van der Waals surface area contributed by atoms with E-state index in [1.807, 2.05) is 0 Å². The van der Waals surface area contributed by atoms with Crippen molar-refractivity contribution in [2.24, 2.45) is 0 Å². The SMILES string of the molecule is CC(C)c1noc(C(C)C)c1I. The van der Waals surface area contributed by atoms with E-state index in [1.54, 1.807) is 0 Å². The minimum absolute atomic E-state index is 0.428. The van der Waals surface area contributed by atoms with Crippen molar-refractivity contribution in [1.82, 2.24) is 5.16 Å². The van der Waals surface area contributed by atoms with Crippen LogP contribution in [0.25, 0.3) is 0 Å². The Balaban J connectivity index is 3.04. The molecule has 1 aromatic rings. The number of hydrogen-bond acceptors (Lipinski definition) is 2. The second-order valence-electron chi connectivity index (χ2n) is 3.56. The van der Waals surface area contributed by atoms with Gasteiger partial charge in [0.05, 0.1) is 9.26 Å². The molecule has 0 unspecified atom stereocenters. The second-order valence-corrected chi connectivity index (χ2v) is 4.63. The molecule has 1 aromatic heterocycles. The zero-order chi connectivity index (χ0) is 9.30. The lowest BCUT2D eigenvalue weighted by Gasteiger charge is -2.00. The van der Waals surface area contributed by atoms with Gasteiger partial charge in [-0.25, -0.2) is 0 Å². The number of aromatic nitrogens is 1. The molecular weight excluding hydrogens is 265 g/mol. The van der Waals surface area contributed by atoms with Gasteiger partial charge in [-0.3, -0.25) is 0 Å². The molecule has 0 radical (unpaired) electrons. The first-order chi connectivity index (χ1) is 5.54. The first kappa shape index (κ1) is 10.0. The highest BCUT2D eigenvalue weighted by atomic mass is 127. The third kappa shape index (κ3) is 1.81. The van der Waals surface area contributed by atoms with Gasteiger partial charge in [0, 0.05) is 11.8 Å². The standard InChI is InChI=1S/C9H14INO/c1-5(2)8-7(10)9(6(3)4)12-11-8/h5-6H,1-4H3. The molecule has 0 saturated carbocycles. The molecule has 0 bridgehead atoms. The van der Waals surface area contributed by atoms with Crippen LogP contribution in [-0.2, 0) is 0 Å². The Morgan fingerprint density at radius 3 is 2.00 bits per heavy atom. The van der Waals surface area contributed by atoms with Gasteiger partial charge in [0.15, 0.2) is 5.76 Å². The zero-order valence-electron chi connectivity index (χ0n) is 7.89. The molecule has 0 aliphatic rings. The Labute approximate surface area is 86.8 Å². The van der Waals surface area contributed by atoms with Crippen molar-refractivity contribution in [3.63, 3.8) is 0 Å². The van der Waals surface area contributed by atoms with Crippen LogP contribution in [0.15, 0.2) is 4.52 Å². The number of rotatable bonds is 2. The van der Waals surface area contributed by atoms with Crippen LogP contribution >= 0.6 is 22.6 Å². The normalized spacial score (nSPS) is 11.6. The predicted octanol–water partition coefficient (Wildman–Crippen LogP) is 3.53. The summed E-state index contributed by atoms with van der Waals surface area (Å²) in [7, 11) is 0. The molecule has 0 aromatic carbocycles. The van der Waals surface area contributed by atoms with Crippen molar-refractivity contribution in [1.29, 1.82) is 0 Å². The largest absolute Gasteiger partial charge is 0.360 e. The summed E-state index contributed by atoms with van der Waals surface area (Å²) in [6.45, 7) is 8.49. The van der Waals surface area contributed by atoms with Gasteiger partial charge in [0.25, 0.3) is 0 Å². The fourth-order valence-electron chi connectivity index (χ4n) is 1.02. The number of halogens is 1. The van der Waals surface area contributed by atoms with Crippen molar-refractivity contribution in [3.8, 4) is 0 Å². The van der Waals surface area contributed by atoms with Crippen LogP contribution in [0, 0.1) is 3.57 Å². The van der Waals surface area contributed by atoms with Crippen molar-refractivity contribution < 1.29 is 4.52 Å². The summed E-state index contributed by atoms with van der Waals surface area (Å²) in [4.78, 5) is 0. The average molecular weight is 279 g/mol. The molecule has 0 aliphatic heterocycles. The summed E-state index contributed by atoms with van der Waals surface area (Å²) in [6, 6.07) is 0. The minimum atomic E-state index is 0.428. The van der Waals surface area contributed by atoms with Gasteiger partial charge in [-0.2, -0.15) is 0 Å². The molecule has 0 saturated heterocycles. The van der Waals surface area contributed by atoms with E-state index in [2.05, 4.69) is 55.4 Å². The van der Waals surface area contributed by atoms with Crippen LogP contribution in [0.3, 0.4) is 0 Å². The van der Waals surface area contributed by atoms with Crippen molar-refractivity contribution in [2.45, 2.75) is 39.5 Å². The highest BCUT2D eigenvalue weighted by molar-refractivity contribution is 14.1. The molecule has 3 heteroatoms. The fourth-order valence-corrected chi connectivity index (χ4v) is 2.47. The second kappa shape index (κ2) is 3.77. The highest BCUT2D eigenvalue weighted by Crippen LogP contribution is 2.28. The van der Waals surface area contributed by atoms with E-state index in [0.717, 1.165) is 11.5 Å². The van der Waals surface area contributed by atoms with Gasteiger partial charge in [0.2, 0.25) is 0 Å². The van der Waals surface area contributed by atoms with E-state index in [0.29, 0.717) is 11.8 Å². The predicted molar refractivity (Wildman–Crippen MR) is 57.4 cm³/mol. The Morgan fingerprint density at radius 1 is 1.17 bits per heavy atom. The number of hydrogen-bond donors (Lipinski definition) is 0. The molecule has 0 N–H and O–H groups in total. The van der Waals surface area contributed by atoms with Gasteiger partial charge in [-0.05, 0) is 22.6 Å². The summed E-state index contributed by atoms with van der Waals surface area (Å²) in [5.74, 6) is 1.89. The first-order valence-electron chi connectivity index (χ1n) is 4.19. The maximum atomic E-state index is 5.26. The Bertz CT molecular complexity index is 240. The van der Waals surface area contributed by atoms with E-state index in [-0.39, 0.29) is 0 Å². The summed E-state index contributed by atoms with van der Waals surface area (Å²) >= 11 is 2.31. The molecule has 2 nitrogen and oxygen atoms in total. The fraction of sp³-hybridized carbons (Fsp3) is 0.667. The summed E-state index contributed by atoms with van der Waals surface area (Å²) in [5, 5.41) is 4.05. The topological polar surface area (TPSA) is 26.0 Å². The highest BCUT2D eigenvalue weighted by Gasteiger charge is 2.17. The maximum absolute atomic E-state index is 5.26. The van der Waals surface area contributed by atoms with Crippen LogP contribution in [0.2, 0.25) is 0 Å². The lowest BCUT2D eigenvalue weighted by atomic mass is 10.1. The van der Waals surface area contributed by atoms with Crippen LogP contribution in [0.4, 0.5) is 0 Å². The summed E-state index contributed by atoms with van der Waals surface area (Å²) in [6.07, 6.45) is 0. The van der Waals surface area contributed by atoms with E-state index < -0.39 is 0 Å². The third-order valence-electron chi connectivity index (χ3n) is 1.75. The van der Waals surface area contributed by atoms with Crippen LogP contribution in [0.5, 0.6) is 0 Å². The molecule has 1 rings (SSSR count). The van der Waals surface area contributed by atoms with Crippen LogP contribution in [-0.4, -0.2) is 5.16 Å². The van der Waals surface area contributed by atoms with E-state index >= 15 is 0 Å². The molecule has 68 valence electrons. The zero-order valence-corrected chi connectivity index (χ0v) is 10.0. The van der Waals surface area contributed by atoms with E-state index in [1.165, 1.54) is 3.57 Å². The van der Waals surface area contributed by atoms with Crippen molar-refractivity contribution in [2.75, 3.05) is 0 Å². The van der Waals surface area contributed by atoms with Crippen molar-refractivity contribution >= 4 is 22.6 Å². The monoisotopic (exact) mass is 279 g/mol. The lowest BCUT2D eigenvalue weighted by molar-refractivity contribution is 0.363. The first-order valence-corrected chi connectivity index (χ1v) is 5.26. The van der Waals surface area contributed by atoms with Crippen LogP contribution < -0.4 is 0 Å². The molecule has 0 spiro atoms. The van der Waals surface area contributed by atoms with Gasteiger partial charge in [-0.1, -0.05) is 32.9 Å². The Kier molecular flexibility index (Phi) is 3.15. The quantitative estimate of drug-likeness (QED) is 0.774. The summed E-state index contributed by atoms with van der Waals surface area (Å²) < 4.78 is 6.45.